The molecule has 0 aliphatic carbocycles. The average molecular weight is 756 g/mol. The molecule has 10 aromatic rings. The molecule has 0 radical (unpaired) electrons. The van der Waals surface area contributed by atoms with E-state index in [0.717, 1.165) is 112 Å². The zero-order valence-electron chi connectivity index (χ0n) is 31.9. The Labute approximate surface area is 342 Å². The van der Waals surface area contributed by atoms with E-state index in [1.165, 1.54) is 0 Å². The molecule has 5 heteroatoms. The fourth-order valence-corrected chi connectivity index (χ4v) is 9.02. The molecule has 2 aliphatic heterocycles. The summed E-state index contributed by atoms with van der Waals surface area (Å²) in [6.07, 6.45) is 0. The van der Waals surface area contributed by atoms with Gasteiger partial charge in [-0.05, 0) is 80.7 Å². The van der Waals surface area contributed by atoms with Crippen LogP contribution >= 0.6 is 0 Å². The number of benzene rings is 9. The van der Waals surface area contributed by atoms with E-state index in [2.05, 4.69) is 187 Å². The molecule has 0 N–H and O–H groups in total. The van der Waals surface area contributed by atoms with E-state index in [0.29, 0.717) is 0 Å². The predicted molar refractivity (Wildman–Crippen MR) is 242 cm³/mol. The summed E-state index contributed by atoms with van der Waals surface area (Å²) >= 11 is 0. The van der Waals surface area contributed by atoms with Gasteiger partial charge in [0.2, 0.25) is 0 Å². The molecule has 0 saturated heterocycles. The second kappa shape index (κ2) is 13.4. The molecule has 1 aromatic heterocycles. The fourth-order valence-electron chi connectivity index (χ4n) is 9.02. The van der Waals surface area contributed by atoms with Crippen LogP contribution in [0.4, 0.5) is 17.1 Å². The van der Waals surface area contributed by atoms with Gasteiger partial charge >= 0.3 is 0 Å². The van der Waals surface area contributed by atoms with E-state index >= 15 is 0 Å². The topological polar surface area (TPSA) is 34.8 Å². The highest BCUT2D eigenvalue weighted by molar-refractivity contribution is 6.98. The van der Waals surface area contributed by atoms with Crippen molar-refractivity contribution in [1.29, 1.82) is 0 Å². The first-order valence-electron chi connectivity index (χ1n) is 20.0. The molecular weight excluding hydrogens is 721 g/mol. The molecule has 0 unspecified atom stereocenters. The van der Waals surface area contributed by atoms with Crippen LogP contribution in [-0.4, -0.2) is 6.71 Å². The number of hydrogen-bond acceptors (Lipinski definition) is 4. The molecule has 0 spiro atoms. The number of hydrogen-bond donors (Lipinski definition) is 0. The first-order valence-corrected chi connectivity index (χ1v) is 20.0. The maximum Gasteiger partial charge on any atom is 0.260 e. The summed E-state index contributed by atoms with van der Waals surface area (Å²) in [6, 6.07) is 72.4. The minimum Gasteiger partial charge on any atom is -0.458 e. The highest BCUT2D eigenvalue weighted by Crippen LogP contribution is 2.47. The smallest absolute Gasteiger partial charge is 0.260 e. The van der Waals surface area contributed by atoms with Gasteiger partial charge in [0, 0.05) is 34.1 Å². The lowest BCUT2D eigenvalue weighted by Crippen LogP contribution is -2.57. The van der Waals surface area contributed by atoms with Crippen LogP contribution in [0.2, 0.25) is 0 Å². The molecule has 0 bridgehead atoms. The van der Waals surface area contributed by atoms with Gasteiger partial charge in [-0.25, -0.2) is 0 Å². The van der Waals surface area contributed by atoms with Crippen LogP contribution < -0.4 is 30.8 Å². The van der Waals surface area contributed by atoms with Gasteiger partial charge in [-0.3, -0.25) is 0 Å². The Balaban J connectivity index is 1.09. The van der Waals surface area contributed by atoms with Gasteiger partial charge in [0.25, 0.3) is 6.71 Å². The summed E-state index contributed by atoms with van der Waals surface area (Å²) < 4.78 is 20.8. The molecule has 4 nitrogen and oxygen atoms in total. The molecule has 0 fully saturated rings. The summed E-state index contributed by atoms with van der Waals surface area (Å²) in [6.45, 7) is -0.0927. The predicted octanol–water partition coefficient (Wildman–Crippen LogP) is 12.8. The van der Waals surface area contributed by atoms with Gasteiger partial charge in [-0.1, -0.05) is 158 Å². The molecule has 9 aromatic carbocycles. The molecular formula is C54H34BNO3. The van der Waals surface area contributed by atoms with Gasteiger partial charge in [-0.15, -0.1) is 0 Å². The average Bonchev–Trinajstić information content (AvgIpc) is 3.69. The van der Waals surface area contributed by atoms with E-state index < -0.39 is 0 Å². The summed E-state index contributed by atoms with van der Waals surface area (Å²) in [4.78, 5) is 2.28. The van der Waals surface area contributed by atoms with E-state index in [-0.39, 0.29) is 6.71 Å². The van der Waals surface area contributed by atoms with Gasteiger partial charge < -0.3 is 18.8 Å². The Morgan fingerprint density at radius 3 is 1.47 bits per heavy atom. The molecule has 0 saturated carbocycles. The van der Waals surface area contributed by atoms with Gasteiger partial charge in [0.05, 0.1) is 11.4 Å². The third-order valence-electron chi connectivity index (χ3n) is 11.8. The SMILES string of the molecule is c1ccc(-c2cccc(N(c3cc4c5c(c3)Oc3cc(-c6ccccc6)ccc3B5c3ccc(-c5ccccc5)cc3O4)c3cccc4c3oc3ccccc34)c2)cc1. The Morgan fingerprint density at radius 1 is 0.356 bits per heavy atom. The van der Waals surface area contributed by atoms with Crippen LogP contribution in [0.15, 0.2) is 211 Å². The Kier molecular flexibility index (Phi) is 7.60. The van der Waals surface area contributed by atoms with Crippen molar-refractivity contribution in [1.82, 2.24) is 0 Å². The van der Waals surface area contributed by atoms with Crippen LogP contribution in [0.5, 0.6) is 23.0 Å². The van der Waals surface area contributed by atoms with Gasteiger partial charge in [0.15, 0.2) is 5.58 Å². The highest BCUT2D eigenvalue weighted by Gasteiger charge is 2.41. The van der Waals surface area contributed by atoms with Crippen LogP contribution in [0.3, 0.4) is 0 Å². The third kappa shape index (κ3) is 5.54. The number of para-hydroxylation sites is 2. The monoisotopic (exact) mass is 755 g/mol. The summed E-state index contributed by atoms with van der Waals surface area (Å²) in [5.41, 5.74) is 14.4. The van der Waals surface area contributed by atoms with Crippen molar-refractivity contribution >= 4 is 62.1 Å². The zero-order valence-corrected chi connectivity index (χ0v) is 31.9. The first-order chi connectivity index (χ1) is 29.2. The van der Waals surface area contributed by atoms with Crippen molar-refractivity contribution in [3.8, 4) is 56.4 Å². The number of furan rings is 1. The summed E-state index contributed by atoms with van der Waals surface area (Å²) in [5, 5.41) is 2.13. The summed E-state index contributed by atoms with van der Waals surface area (Å²) in [5.74, 6) is 3.20. The third-order valence-corrected chi connectivity index (χ3v) is 11.8. The van der Waals surface area contributed by atoms with Gasteiger partial charge in [-0.2, -0.15) is 0 Å². The van der Waals surface area contributed by atoms with Crippen molar-refractivity contribution in [3.63, 3.8) is 0 Å². The van der Waals surface area contributed by atoms with E-state index in [1.54, 1.807) is 0 Å². The minimum atomic E-state index is -0.0927. The van der Waals surface area contributed by atoms with Crippen molar-refractivity contribution < 1.29 is 13.9 Å². The number of rotatable bonds is 6. The molecule has 3 heterocycles. The number of ether oxygens (including phenoxy) is 2. The standard InChI is InChI=1S/C54H34BNO3/c1-4-14-35(15-5-1)38-20-12-21-41(30-38)56(47-24-13-23-44-43-22-10-11-25-48(43)59-54(44)47)42-33-51-53-52(34-42)58-50-32-40(37-18-8-3-9-19-37)27-29-46(50)55(53)45-28-26-39(31-49(45)57-51)36-16-6-2-7-17-36/h1-34H. The molecule has 276 valence electrons. The quantitative estimate of drug-likeness (QED) is 0.158. The van der Waals surface area contributed by atoms with Crippen LogP contribution in [0.25, 0.3) is 55.3 Å². The Morgan fingerprint density at radius 2 is 0.864 bits per heavy atom. The van der Waals surface area contributed by atoms with Crippen LogP contribution in [-0.2, 0) is 0 Å². The Bertz CT molecular complexity index is 3120. The number of nitrogens with zero attached hydrogens (tertiary/aromatic N) is 1. The van der Waals surface area contributed by atoms with Crippen LogP contribution in [0, 0.1) is 0 Å². The summed E-state index contributed by atoms with van der Waals surface area (Å²) in [7, 11) is 0. The van der Waals surface area contributed by atoms with Crippen molar-refractivity contribution in [2.24, 2.45) is 0 Å². The van der Waals surface area contributed by atoms with Gasteiger partial charge in [0.1, 0.15) is 28.6 Å². The molecule has 2 aliphatic rings. The van der Waals surface area contributed by atoms with E-state index in [1.807, 2.05) is 24.3 Å². The fraction of sp³-hybridized carbons (Fsp3) is 0. The minimum absolute atomic E-state index is 0.0927. The normalized spacial score (nSPS) is 12.3. The highest BCUT2D eigenvalue weighted by atomic mass is 16.5. The van der Waals surface area contributed by atoms with E-state index in [9.17, 15) is 0 Å². The molecule has 0 atom stereocenters. The maximum atomic E-state index is 7.06. The first kappa shape index (κ1) is 33.4. The second-order valence-corrected chi connectivity index (χ2v) is 15.2. The van der Waals surface area contributed by atoms with Crippen molar-refractivity contribution in [2.75, 3.05) is 4.90 Å². The van der Waals surface area contributed by atoms with Crippen molar-refractivity contribution in [3.05, 3.63) is 206 Å². The lowest BCUT2D eigenvalue weighted by atomic mass is 9.34. The van der Waals surface area contributed by atoms with Crippen LogP contribution in [0.1, 0.15) is 0 Å². The largest absolute Gasteiger partial charge is 0.458 e. The Hall–Kier alpha value is -7.76. The lowest BCUT2D eigenvalue weighted by Gasteiger charge is -2.35. The van der Waals surface area contributed by atoms with Crippen molar-refractivity contribution in [2.45, 2.75) is 0 Å². The molecule has 12 rings (SSSR count). The molecule has 59 heavy (non-hydrogen) atoms. The second-order valence-electron chi connectivity index (χ2n) is 15.2. The lowest BCUT2D eigenvalue weighted by molar-refractivity contribution is 0.465. The zero-order chi connectivity index (χ0) is 38.9. The molecule has 0 amide bonds. The number of anilines is 3. The maximum absolute atomic E-state index is 7.06. The van der Waals surface area contributed by atoms with E-state index in [4.69, 9.17) is 13.9 Å². The number of fused-ring (bicyclic) bond motifs is 7.